The number of benzene rings is 1. The molecule has 4 rings (SSSR count). The molecule has 3 aliphatic rings. The molecule has 1 aliphatic carbocycles. The summed E-state index contributed by atoms with van der Waals surface area (Å²) in [4.78, 5) is 40.3. The van der Waals surface area contributed by atoms with E-state index in [1.54, 1.807) is 6.07 Å². The zero-order valence-corrected chi connectivity index (χ0v) is 16.7. The first-order valence-corrected chi connectivity index (χ1v) is 10.2. The first kappa shape index (κ1) is 20.6. The second-order valence-corrected chi connectivity index (χ2v) is 8.33. The van der Waals surface area contributed by atoms with Crippen LogP contribution in [0.1, 0.15) is 43.7 Å². The fourth-order valence-corrected chi connectivity index (χ4v) is 5.31. The Labute approximate surface area is 173 Å². The maximum atomic E-state index is 13.4. The van der Waals surface area contributed by atoms with Gasteiger partial charge in [0, 0.05) is 12.1 Å². The molecule has 2 heterocycles. The summed E-state index contributed by atoms with van der Waals surface area (Å²) in [6, 6.07) is 3.41. The Hall–Kier alpha value is -2.65. The largest absolute Gasteiger partial charge is 0.504 e. The van der Waals surface area contributed by atoms with Gasteiger partial charge in [-0.1, -0.05) is 25.3 Å². The molecule has 30 heavy (non-hydrogen) atoms. The first-order valence-electron chi connectivity index (χ1n) is 10.2. The summed E-state index contributed by atoms with van der Waals surface area (Å²) in [5, 5.41) is 32.8. The predicted octanol–water partition coefficient (Wildman–Crippen LogP) is 0.795. The molecule has 1 aromatic rings. The van der Waals surface area contributed by atoms with Gasteiger partial charge in [-0.3, -0.25) is 24.6 Å². The van der Waals surface area contributed by atoms with E-state index in [1.807, 2.05) is 0 Å². The minimum absolute atomic E-state index is 0.0971. The number of rotatable bonds is 5. The number of aliphatic carboxylic acids is 1. The molecule has 9 heteroatoms. The van der Waals surface area contributed by atoms with Crippen LogP contribution in [-0.2, 0) is 14.4 Å². The molecule has 1 aromatic carbocycles. The van der Waals surface area contributed by atoms with Crippen LogP contribution < -0.4 is 10.1 Å². The Kier molecular flexibility index (Phi) is 5.19. The van der Waals surface area contributed by atoms with Crippen LogP contribution in [0, 0.1) is 11.8 Å². The lowest BCUT2D eigenvalue weighted by Crippen LogP contribution is -2.59. The SMILES string of the molecule is COc1cc(C2NC(CO)(C(=O)O)C3C(=O)N(C4CCCCC4)C(=O)C23)ccc1O. The number of nitrogens with zero attached hydrogens (tertiary/aromatic N) is 1. The third-order valence-electron chi connectivity index (χ3n) is 6.82. The zero-order valence-electron chi connectivity index (χ0n) is 16.7. The van der Waals surface area contributed by atoms with Crippen LogP contribution in [0.15, 0.2) is 18.2 Å². The van der Waals surface area contributed by atoms with Crippen molar-refractivity contribution in [2.45, 2.75) is 49.7 Å². The average molecular weight is 418 g/mol. The number of phenolic OH excluding ortho intramolecular Hbond substituents is 1. The topological polar surface area (TPSA) is 136 Å². The fourth-order valence-electron chi connectivity index (χ4n) is 5.31. The van der Waals surface area contributed by atoms with Crippen LogP contribution in [0.4, 0.5) is 0 Å². The molecule has 162 valence electrons. The van der Waals surface area contributed by atoms with Crippen LogP contribution in [0.5, 0.6) is 11.5 Å². The van der Waals surface area contributed by atoms with Gasteiger partial charge >= 0.3 is 5.97 Å². The van der Waals surface area contributed by atoms with E-state index in [2.05, 4.69) is 5.32 Å². The number of ether oxygens (including phenoxy) is 1. The average Bonchev–Trinajstić information content (AvgIpc) is 3.23. The quantitative estimate of drug-likeness (QED) is 0.516. The van der Waals surface area contributed by atoms with Crippen molar-refractivity contribution in [1.82, 2.24) is 10.2 Å². The molecule has 4 atom stereocenters. The summed E-state index contributed by atoms with van der Waals surface area (Å²) in [5.74, 6) is -4.41. The maximum absolute atomic E-state index is 13.4. The summed E-state index contributed by atoms with van der Waals surface area (Å²) >= 11 is 0. The van der Waals surface area contributed by atoms with Gasteiger partial charge in [0.25, 0.3) is 0 Å². The highest BCUT2D eigenvalue weighted by atomic mass is 16.5. The highest BCUT2D eigenvalue weighted by Crippen LogP contribution is 2.50. The number of aliphatic hydroxyl groups excluding tert-OH is 1. The van der Waals surface area contributed by atoms with Crippen LogP contribution in [-0.4, -0.2) is 63.3 Å². The third-order valence-corrected chi connectivity index (χ3v) is 6.82. The van der Waals surface area contributed by atoms with Crippen molar-refractivity contribution < 1.29 is 34.4 Å². The zero-order chi connectivity index (χ0) is 21.6. The van der Waals surface area contributed by atoms with Gasteiger partial charge in [-0.15, -0.1) is 0 Å². The predicted molar refractivity (Wildman–Crippen MR) is 104 cm³/mol. The molecule has 0 aromatic heterocycles. The Bertz CT molecular complexity index is 882. The van der Waals surface area contributed by atoms with Gasteiger partial charge in [0.15, 0.2) is 17.0 Å². The van der Waals surface area contributed by atoms with Crippen LogP contribution >= 0.6 is 0 Å². The van der Waals surface area contributed by atoms with E-state index < -0.39 is 47.8 Å². The standard InChI is InChI=1S/C21H26N2O7/c1-30-14-9-11(7-8-13(14)25)17-15-16(21(10-24,22-17)20(28)29)19(27)23(18(15)26)12-5-3-2-4-6-12/h7-9,12,15-17,22,24-25H,2-6,10H2,1H3,(H,28,29). The van der Waals surface area contributed by atoms with E-state index in [9.17, 15) is 29.7 Å². The monoisotopic (exact) mass is 418 g/mol. The number of hydrogen-bond donors (Lipinski definition) is 4. The smallest absolute Gasteiger partial charge is 0.327 e. The van der Waals surface area contributed by atoms with Crippen LogP contribution in [0.2, 0.25) is 0 Å². The van der Waals surface area contributed by atoms with Gasteiger partial charge in [0.05, 0.1) is 25.6 Å². The number of phenols is 1. The molecule has 0 spiro atoms. The van der Waals surface area contributed by atoms with Gasteiger partial charge in [-0.25, -0.2) is 0 Å². The second-order valence-electron chi connectivity index (χ2n) is 8.33. The van der Waals surface area contributed by atoms with E-state index in [0.29, 0.717) is 18.4 Å². The number of amides is 2. The number of carboxylic acids is 1. The fraction of sp³-hybridized carbons (Fsp3) is 0.571. The lowest BCUT2D eigenvalue weighted by atomic mass is 9.79. The van der Waals surface area contributed by atoms with Crippen LogP contribution in [0.25, 0.3) is 0 Å². The Morgan fingerprint density at radius 3 is 2.53 bits per heavy atom. The molecular formula is C21H26N2O7. The van der Waals surface area contributed by atoms with E-state index in [1.165, 1.54) is 24.1 Å². The molecule has 4 unspecified atom stereocenters. The number of methoxy groups -OCH3 is 1. The van der Waals surface area contributed by atoms with E-state index in [4.69, 9.17) is 4.74 Å². The van der Waals surface area contributed by atoms with E-state index in [0.717, 1.165) is 19.3 Å². The van der Waals surface area contributed by atoms with Gasteiger partial charge in [0.1, 0.15) is 0 Å². The number of nitrogens with one attached hydrogen (secondary N) is 1. The number of aliphatic hydroxyl groups is 1. The van der Waals surface area contributed by atoms with E-state index in [-0.39, 0.29) is 17.5 Å². The number of imide groups is 1. The molecular weight excluding hydrogens is 392 g/mol. The highest BCUT2D eigenvalue weighted by Gasteiger charge is 2.69. The minimum atomic E-state index is -1.96. The van der Waals surface area contributed by atoms with Gasteiger partial charge in [0.2, 0.25) is 11.8 Å². The van der Waals surface area contributed by atoms with Crippen molar-refractivity contribution in [2.24, 2.45) is 11.8 Å². The van der Waals surface area contributed by atoms with Crippen molar-refractivity contribution >= 4 is 17.8 Å². The molecule has 3 fully saturated rings. The van der Waals surface area contributed by atoms with Gasteiger partial charge in [-0.2, -0.15) is 0 Å². The van der Waals surface area contributed by atoms with Gasteiger partial charge in [-0.05, 0) is 30.5 Å². The molecule has 9 nitrogen and oxygen atoms in total. The third kappa shape index (κ3) is 2.87. The van der Waals surface area contributed by atoms with Crippen molar-refractivity contribution in [1.29, 1.82) is 0 Å². The molecule has 1 saturated carbocycles. The number of hydrogen-bond acceptors (Lipinski definition) is 7. The number of fused-ring (bicyclic) bond motifs is 1. The normalized spacial score (nSPS) is 31.8. The molecule has 2 aliphatic heterocycles. The molecule has 0 bridgehead atoms. The number of carbonyl (C=O) groups is 3. The number of carbonyl (C=O) groups excluding carboxylic acids is 2. The number of likely N-dealkylation sites (tertiary alicyclic amines) is 1. The van der Waals surface area contributed by atoms with E-state index >= 15 is 0 Å². The van der Waals surface area contributed by atoms with Crippen LogP contribution in [0.3, 0.4) is 0 Å². The summed E-state index contributed by atoms with van der Waals surface area (Å²) < 4.78 is 5.14. The summed E-state index contributed by atoms with van der Waals surface area (Å²) in [5.41, 5.74) is -1.46. The Morgan fingerprint density at radius 1 is 1.23 bits per heavy atom. The Morgan fingerprint density at radius 2 is 1.93 bits per heavy atom. The molecule has 2 amide bonds. The summed E-state index contributed by atoms with van der Waals surface area (Å²) in [6.45, 7) is -0.827. The summed E-state index contributed by atoms with van der Waals surface area (Å²) in [7, 11) is 1.38. The lowest BCUT2D eigenvalue weighted by Gasteiger charge is -2.33. The van der Waals surface area contributed by atoms with Crippen molar-refractivity contribution in [3.05, 3.63) is 23.8 Å². The minimum Gasteiger partial charge on any atom is -0.504 e. The lowest BCUT2D eigenvalue weighted by molar-refractivity contribution is -0.154. The van der Waals surface area contributed by atoms with Crippen molar-refractivity contribution in [3.63, 3.8) is 0 Å². The first-order chi connectivity index (χ1) is 14.4. The van der Waals surface area contributed by atoms with Crippen molar-refractivity contribution in [3.8, 4) is 11.5 Å². The number of aromatic hydroxyl groups is 1. The van der Waals surface area contributed by atoms with Gasteiger partial charge < -0.3 is 20.1 Å². The second kappa shape index (κ2) is 7.55. The molecule has 4 N–H and O–H groups in total. The highest BCUT2D eigenvalue weighted by molar-refractivity contribution is 6.09. The van der Waals surface area contributed by atoms with Crippen molar-refractivity contribution in [2.75, 3.05) is 13.7 Å². The maximum Gasteiger partial charge on any atom is 0.327 e. The number of carboxylic acid groups (broad SMARTS) is 1. The molecule has 0 radical (unpaired) electrons. The molecule has 2 saturated heterocycles. The summed E-state index contributed by atoms with van der Waals surface area (Å²) in [6.07, 6.45) is 4.30. The Balaban J connectivity index is 1.79.